The maximum absolute atomic E-state index is 15.4. The van der Waals surface area contributed by atoms with Crippen LogP contribution in [0.5, 0.6) is 0 Å². The molecule has 1 atom stereocenters. The molecule has 4 heterocycles. The summed E-state index contributed by atoms with van der Waals surface area (Å²) < 4.78 is 41.7. The van der Waals surface area contributed by atoms with Crippen molar-refractivity contribution in [1.29, 1.82) is 0 Å². The molecular weight excluding hydrogens is 516 g/mol. The highest BCUT2D eigenvalue weighted by Gasteiger charge is 2.26. The molecule has 1 amide bonds. The van der Waals surface area contributed by atoms with Crippen molar-refractivity contribution in [2.24, 2.45) is 0 Å². The van der Waals surface area contributed by atoms with E-state index in [0.29, 0.717) is 49.4 Å². The minimum absolute atomic E-state index is 0.104. The van der Waals surface area contributed by atoms with Crippen LogP contribution in [0, 0.1) is 11.8 Å². The Labute approximate surface area is 232 Å². The number of carbonyl (C=O) groups is 1. The predicted molar refractivity (Wildman–Crippen MR) is 149 cm³/mol. The lowest BCUT2D eigenvalue weighted by Gasteiger charge is -2.32. The highest BCUT2D eigenvalue weighted by Crippen LogP contribution is 2.37. The van der Waals surface area contributed by atoms with Gasteiger partial charge >= 0.3 is 0 Å². The van der Waals surface area contributed by atoms with Gasteiger partial charge in [0.25, 0.3) is 5.91 Å². The fourth-order valence-electron chi connectivity index (χ4n) is 5.94. The smallest absolute Gasteiger partial charge is 0.251 e. The summed E-state index contributed by atoms with van der Waals surface area (Å²) in [5.41, 5.74) is 10.7. The molecule has 0 aliphatic carbocycles. The van der Waals surface area contributed by atoms with Gasteiger partial charge in [-0.05, 0) is 59.9 Å². The zero-order chi connectivity index (χ0) is 27.8. The Kier molecular flexibility index (Phi) is 7.39. The lowest BCUT2D eigenvalue weighted by Crippen LogP contribution is -2.37. The first-order valence-corrected chi connectivity index (χ1v) is 13.7. The molecule has 10 heteroatoms. The Hall–Kier alpha value is -3.60. The van der Waals surface area contributed by atoms with Crippen LogP contribution in [0.2, 0.25) is 0 Å². The zero-order valence-electron chi connectivity index (χ0n) is 22.5. The number of aromatic nitrogens is 1. The Morgan fingerprint density at radius 2 is 1.90 bits per heavy atom. The van der Waals surface area contributed by atoms with Gasteiger partial charge in [-0.15, -0.1) is 0 Å². The van der Waals surface area contributed by atoms with E-state index >= 15 is 8.78 Å². The molecule has 3 aliphatic rings. The average Bonchev–Trinajstić information content (AvgIpc) is 3.42. The SMILES string of the molecule is CO[C@@H]1CCN(Cc2cc(-c3cc(-c4cc5c(cc4F)C(=O)NCC5)c(N)nc3F)ccc2N2CCOCC2)C1. The van der Waals surface area contributed by atoms with Crippen LogP contribution in [-0.2, 0) is 22.4 Å². The standard InChI is InChI=1S/C30H33F2N5O3/c1-39-21-5-7-36(17-21)16-20-12-18(2-3-27(20)37-8-10-40-11-9-37)22-14-25(29(33)35-28(22)32)24-13-19-4-6-34-30(38)23(19)15-26(24)31/h2-3,12-15,21H,4-11,16-17H2,1H3,(H2,33,35)(H,34,38)/t21-/m1/s1. The first-order valence-electron chi connectivity index (χ1n) is 13.7. The maximum Gasteiger partial charge on any atom is 0.251 e. The summed E-state index contributed by atoms with van der Waals surface area (Å²) in [7, 11) is 1.74. The third kappa shape index (κ3) is 5.14. The number of morpholine rings is 1. The molecule has 0 bridgehead atoms. The molecule has 0 spiro atoms. The van der Waals surface area contributed by atoms with Gasteiger partial charge in [-0.3, -0.25) is 9.69 Å². The monoisotopic (exact) mass is 549 g/mol. The molecule has 8 nitrogen and oxygen atoms in total. The summed E-state index contributed by atoms with van der Waals surface area (Å²) in [5.74, 6) is -1.73. The van der Waals surface area contributed by atoms with E-state index in [1.54, 1.807) is 19.2 Å². The van der Waals surface area contributed by atoms with Gasteiger partial charge in [0, 0.05) is 74.3 Å². The van der Waals surface area contributed by atoms with E-state index in [1.165, 1.54) is 6.07 Å². The second-order valence-corrected chi connectivity index (χ2v) is 10.6. The van der Waals surface area contributed by atoms with E-state index < -0.39 is 11.8 Å². The van der Waals surface area contributed by atoms with Gasteiger partial charge in [0.2, 0.25) is 5.95 Å². The van der Waals surface area contributed by atoms with E-state index in [-0.39, 0.29) is 29.0 Å². The van der Waals surface area contributed by atoms with Crippen molar-refractivity contribution in [3.63, 3.8) is 0 Å². The highest BCUT2D eigenvalue weighted by atomic mass is 19.1. The van der Waals surface area contributed by atoms with Crippen LogP contribution in [0.15, 0.2) is 36.4 Å². The van der Waals surface area contributed by atoms with Crippen LogP contribution >= 0.6 is 0 Å². The average molecular weight is 550 g/mol. The number of nitrogen functional groups attached to an aromatic ring is 1. The van der Waals surface area contributed by atoms with E-state index in [9.17, 15) is 4.79 Å². The summed E-state index contributed by atoms with van der Waals surface area (Å²) >= 11 is 0. The van der Waals surface area contributed by atoms with Gasteiger partial charge < -0.3 is 25.4 Å². The molecule has 0 saturated carbocycles. The number of halogens is 2. The number of nitrogens with two attached hydrogens (primary N) is 1. The van der Waals surface area contributed by atoms with E-state index in [1.807, 2.05) is 18.2 Å². The number of methoxy groups -OCH3 is 1. The van der Waals surface area contributed by atoms with Crippen LogP contribution in [0.25, 0.3) is 22.3 Å². The number of likely N-dealkylation sites (tertiary alicyclic amines) is 1. The number of fused-ring (bicyclic) bond motifs is 1. The van der Waals surface area contributed by atoms with Crippen molar-refractivity contribution < 1.29 is 23.0 Å². The van der Waals surface area contributed by atoms with Crippen molar-refractivity contribution in [3.05, 3.63) is 64.9 Å². The number of rotatable bonds is 6. The van der Waals surface area contributed by atoms with Crippen molar-refractivity contribution in [2.75, 3.05) is 63.7 Å². The Morgan fingerprint density at radius 3 is 2.67 bits per heavy atom. The lowest BCUT2D eigenvalue weighted by atomic mass is 9.93. The van der Waals surface area contributed by atoms with E-state index in [0.717, 1.165) is 49.4 Å². The van der Waals surface area contributed by atoms with Crippen LogP contribution in [0.1, 0.15) is 27.9 Å². The Bertz CT molecular complexity index is 1440. The van der Waals surface area contributed by atoms with E-state index in [4.69, 9.17) is 15.2 Å². The summed E-state index contributed by atoms with van der Waals surface area (Å²) in [6, 6.07) is 10.3. The number of nitrogens with one attached hydrogen (secondary N) is 1. The molecule has 0 radical (unpaired) electrons. The van der Waals surface area contributed by atoms with Crippen molar-refractivity contribution in [3.8, 4) is 22.3 Å². The van der Waals surface area contributed by atoms with Crippen molar-refractivity contribution in [1.82, 2.24) is 15.2 Å². The number of nitrogens with zero attached hydrogens (tertiary/aromatic N) is 3. The number of pyridine rings is 1. The Balaban J connectivity index is 1.40. The number of hydrogen-bond acceptors (Lipinski definition) is 7. The normalized spacial score (nSPS) is 19.5. The van der Waals surface area contributed by atoms with Gasteiger partial charge in [0.05, 0.1) is 19.3 Å². The molecule has 210 valence electrons. The molecular formula is C30H33F2N5O3. The Morgan fingerprint density at radius 1 is 1.07 bits per heavy atom. The second-order valence-electron chi connectivity index (χ2n) is 10.6. The predicted octanol–water partition coefficient (Wildman–Crippen LogP) is 3.62. The lowest BCUT2D eigenvalue weighted by molar-refractivity contribution is 0.0945. The summed E-state index contributed by atoms with van der Waals surface area (Å²) in [6.45, 7) is 5.80. The topological polar surface area (TPSA) is 93.0 Å². The summed E-state index contributed by atoms with van der Waals surface area (Å²) in [5, 5.41) is 2.73. The molecule has 3 aliphatic heterocycles. The molecule has 6 rings (SSSR count). The molecule has 1 aromatic heterocycles. The quantitative estimate of drug-likeness (QED) is 0.454. The maximum atomic E-state index is 15.4. The van der Waals surface area contributed by atoms with Gasteiger partial charge in [0.15, 0.2) is 0 Å². The number of benzene rings is 2. The third-order valence-corrected chi connectivity index (χ3v) is 8.11. The molecule has 2 saturated heterocycles. The van der Waals surface area contributed by atoms with Gasteiger partial charge in [-0.25, -0.2) is 9.37 Å². The third-order valence-electron chi connectivity index (χ3n) is 8.11. The number of carbonyl (C=O) groups excluding carboxylic acids is 1. The fraction of sp³-hybridized carbons (Fsp3) is 0.400. The van der Waals surface area contributed by atoms with Crippen LogP contribution < -0.4 is 16.0 Å². The molecule has 0 unspecified atom stereocenters. The van der Waals surface area contributed by atoms with Crippen LogP contribution in [0.4, 0.5) is 20.3 Å². The minimum Gasteiger partial charge on any atom is -0.383 e. The molecule has 40 heavy (non-hydrogen) atoms. The van der Waals surface area contributed by atoms with E-state index in [2.05, 4.69) is 20.1 Å². The molecule has 3 aromatic rings. The second kappa shape index (κ2) is 11.1. The number of amides is 1. The highest BCUT2D eigenvalue weighted by molar-refractivity contribution is 5.97. The largest absolute Gasteiger partial charge is 0.383 e. The first-order chi connectivity index (χ1) is 19.4. The van der Waals surface area contributed by atoms with Crippen LogP contribution in [0.3, 0.4) is 0 Å². The summed E-state index contributed by atoms with van der Waals surface area (Å²) in [6.07, 6.45) is 1.74. The van der Waals surface area contributed by atoms with Crippen molar-refractivity contribution >= 4 is 17.4 Å². The minimum atomic E-state index is -0.718. The van der Waals surface area contributed by atoms with Gasteiger partial charge in [-0.2, -0.15) is 4.39 Å². The molecule has 3 N–H and O–H groups in total. The van der Waals surface area contributed by atoms with Crippen molar-refractivity contribution in [2.45, 2.75) is 25.5 Å². The zero-order valence-corrected chi connectivity index (χ0v) is 22.5. The molecule has 2 aromatic carbocycles. The fourth-order valence-corrected chi connectivity index (χ4v) is 5.94. The number of anilines is 2. The van der Waals surface area contributed by atoms with Gasteiger partial charge in [-0.1, -0.05) is 6.07 Å². The first kappa shape index (κ1) is 26.6. The summed E-state index contributed by atoms with van der Waals surface area (Å²) in [4.78, 5) is 20.8. The molecule has 2 fully saturated rings. The van der Waals surface area contributed by atoms with Crippen LogP contribution in [-0.4, -0.2) is 74.9 Å². The van der Waals surface area contributed by atoms with Gasteiger partial charge in [0.1, 0.15) is 11.6 Å². The number of hydrogen-bond donors (Lipinski definition) is 2. The number of ether oxygens (including phenoxy) is 2.